The van der Waals surface area contributed by atoms with Crippen molar-refractivity contribution in [2.45, 2.75) is 43.1 Å². The molecule has 0 unspecified atom stereocenters. The molecule has 33 heavy (non-hydrogen) atoms. The summed E-state index contributed by atoms with van der Waals surface area (Å²) in [6.07, 6.45) is 5.47. The van der Waals surface area contributed by atoms with E-state index in [1.165, 1.54) is 30.6 Å². The molecule has 4 aromatic rings. The zero-order valence-corrected chi connectivity index (χ0v) is 20.3. The quantitative estimate of drug-likeness (QED) is 0.366. The SMILES string of the molecule is COc1ccc(-n2c(SCc3cc(=O)n4ccsc4n3)nnc2[C@@H](C)N2CCCCC2)cc1. The molecule has 0 saturated carbocycles. The fourth-order valence-corrected chi connectivity index (χ4v) is 5.78. The first-order valence-corrected chi connectivity index (χ1v) is 12.9. The molecular weight excluding hydrogens is 456 g/mol. The summed E-state index contributed by atoms with van der Waals surface area (Å²) in [5, 5.41) is 11.8. The molecule has 172 valence electrons. The van der Waals surface area contributed by atoms with Crippen molar-refractivity contribution in [1.82, 2.24) is 29.0 Å². The molecule has 3 aromatic heterocycles. The van der Waals surface area contributed by atoms with E-state index in [2.05, 4.69) is 31.6 Å². The number of hydrogen-bond acceptors (Lipinski definition) is 8. The smallest absolute Gasteiger partial charge is 0.258 e. The zero-order valence-electron chi connectivity index (χ0n) is 18.7. The van der Waals surface area contributed by atoms with Gasteiger partial charge < -0.3 is 4.74 Å². The lowest BCUT2D eigenvalue weighted by atomic mass is 10.1. The van der Waals surface area contributed by atoms with Crippen molar-refractivity contribution in [1.29, 1.82) is 0 Å². The monoisotopic (exact) mass is 482 g/mol. The third-order valence-electron chi connectivity index (χ3n) is 6.01. The highest BCUT2D eigenvalue weighted by molar-refractivity contribution is 7.98. The number of ether oxygens (including phenoxy) is 1. The van der Waals surface area contributed by atoms with Crippen LogP contribution in [-0.2, 0) is 5.75 Å². The zero-order chi connectivity index (χ0) is 22.8. The number of thiazole rings is 1. The summed E-state index contributed by atoms with van der Waals surface area (Å²) < 4.78 is 9.03. The number of likely N-dealkylation sites (tertiary alicyclic amines) is 1. The van der Waals surface area contributed by atoms with E-state index in [0.29, 0.717) is 10.7 Å². The summed E-state index contributed by atoms with van der Waals surface area (Å²) in [5.41, 5.74) is 1.67. The lowest BCUT2D eigenvalue weighted by Crippen LogP contribution is -2.33. The van der Waals surface area contributed by atoms with Gasteiger partial charge in [0.25, 0.3) is 5.56 Å². The van der Waals surface area contributed by atoms with Gasteiger partial charge in [0.1, 0.15) is 5.75 Å². The number of nitrogens with zero attached hydrogens (tertiary/aromatic N) is 6. The number of methoxy groups -OCH3 is 1. The van der Waals surface area contributed by atoms with E-state index < -0.39 is 0 Å². The van der Waals surface area contributed by atoms with E-state index in [1.807, 2.05) is 29.6 Å². The number of hydrogen-bond donors (Lipinski definition) is 0. The predicted molar refractivity (Wildman–Crippen MR) is 131 cm³/mol. The maximum Gasteiger partial charge on any atom is 0.258 e. The van der Waals surface area contributed by atoms with E-state index in [1.54, 1.807) is 35.5 Å². The Kier molecular flexibility index (Phi) is 6.48. The van der Waals surface area contributed by atoms with Gasteiger partial charge in [0.2, 0.25) is 0 Å². The molecular formula is C23H26N6O2S2. The van der Waals surface area contributed by atoms with Gasteiger partial charge in [-0.25, -0.2) is 4.98 Å². The molecule has 1 fully saturated rings. The largest absolute Gasteiger partial charge is 0.497 e. The highest BCUT2D eigenvalue weighted by Gasteiger charge is 2.25. The van der Waals surface area contributed by atoms with Crippen LogP contribution >= 0.6 is 23.1 Å². The number of piperidine rings is 1. The van der Waals surface area contributed by atoms with Gasteiger partial charge in [-0.05, 0) is 57.1 Å². The van der Waals surface area contributed by atoms with Gasteiger partial charge in [0.05, 0.1) is 18.8 Å². The number of thioether (sulfide) groups is 1. The average Bonchev–Trinajstić information content (AvgIpc) is 3.50. The number of benzene rings is 1. The lowest BCUT2D eigenvalue weighted by molar-refractivity contribution is 0.167. The Morgan fingerprint density at radius 2 is 1.94 bits per heavy atom. The highest BCUT2D eigenvalue weighted by atomic mass is 32.2. The summed E-state index contributed by atoms with van der Waals surface area (Å²) in [5.74, 6) is 2.27. The maximum absolute atomic E-state index is 12.4. The Balaban J connectivity index is 1.47. The van der Waals surface area contributed by atoms with Crippen molar-refractivity contribution in [2.75, 3.05) is 20.2 Å². The first kappa shape index (κ1) is 22.1. The van der Waals surface area contributed by atoms with Gasteiger partial charge in [-0.1, -0.05) is 18.2 Å². The van der Waals surface area contributed by atoms with E-state index in [-0.39, 0.29) is 11.6 Å². The molecule has 0 bridgehead atoms. The Hall–Kier alpha value is -2.69. The minimum absolute atomic E-state index is 0.0621. The van der Waals surface area contributed by atoms with Crippen LogP contribution in [0.3, 0.4) is 0 Å². The summed E-state index contributed by atoms with van der Waals surface area (Å²) in [4.78, 5) is 20.2. The minimum Gasteiger partial charge on any atom is -0.497 e. The molecule has 1 aliphatic heterocycles. The fraction of sp³-hybridized carbons (Fsp3) is 0.391. The van der Waals surface area contributed by atoms with Gasteiger partial charge in [-0.3, -0.25) is 18.7 Å². The van der Waals surface area contributed by atoms with Crippen molar-refractivity contribution < 1.29 is 4.74 Å². The van der Waals surface area contributed by atoms with Crippen LogP contribution in [0, 0.1) is 0 Å². The van der Waals surface area contributed by atoms with Crippen LogP contribution in [0.2, 0.25) is 0 Å². The summed E-state index contributed by atoms with van der Waals surface area (Å²) >= 11 is 3.00. The molecule has 0 aliphatic carbocycles. The van der Waals surface area contributed by atoms with E-state index in [9.17, 15) is 4.79 Å². The lowest BCUT2D eigenvalue weighted by Gasteiger charge is -2.31. The average molecular weight is 483 g/mol. The second-order valence-electron chi connectivity index (χ2n) is 8.08. The molecule has 1 aromatic carbocycles. The molecule has 10 heteroatoms. The van der Waals surface area contributed by atoms with Gasteiger partial charge in [0.15, 0.2) is 15.9 Å². The molecule has 0 radical (unpaired) electrons. The molecule has 1 aliphatic rings. The summed E-state index contributed by atoms with van der Waals surface area (Å²) in [7, 11) is 1.67. The molecule has 1 saturated heterocycles. The molecule has 1 atom stereocenters. The molecule has 0 amide bonds. The first-order valence-electron chi connectivity index (χ1n) is 11.1. The minimum atomic E-state index is -0.0621. The van der Waals surface area contributed by atoms with Crippen molar-refractivity contribution in [3.05, 3.63) is 63.8 Å². The van der Waals surface area contributed by atoms with Gasteiger partial charge >= 0.3 is 0 Å². The van der Waals surface area contributed by atoms with Gasteiger partial charge in [0, 0.05) is 29.1 Å². The first-order chi connectivity index (χ1) is 16.1. The Labute approximate surface area is 200 Å². The molecule has 4 heterocycles. The van der Waals surface area contributed by atoms with Crippen LogP contribution in [0.5, 0.6) is 5.75 Å². The number of aromatic nitrogens is 5. The predicted octanol–water partition coefficient (Wildman–Crippen LogP) is 4.18. The van der Waals surface area contributed by atoms with Crippen LogP contribution in [0.15, 0.2) is 51.9 Å². The normalized spacial score (nSPS) is 15.7. The summed E-state index contributed by atoms with van der Waals surface area (Å²) in [6.45, 7) is 4.36. The molecule has 5 rings (SSSR count). The van der Waals surface area contributed by atoms with Crippen LogP contribution in [0.25, 0.3) is 10.6 Å². The van der Waals surface area contributed by atoms with Crippen molar-refractivity contribution in [3.63, 3.8) is 0 Å². The number of fused-ring (bicyclic) bond motifs is 1. The van der Waals surface area contributed by atoms with E-state index in [0.717, 1.165) is 41.2 Å². The third kappa shape index (κ3) is 4.55. The topological polar surface area (TPSA) is 77.5 Å². The van der Waals surface area contributed by atoms with Gasteiger partial charge in [-0.15, -0.1) is 21.5 Å². The van der Waals surface area contributed by atoms with Crippen LogP contribution in [0.1, 0.15) is 43.7 Å². The number of rotatable bonds is 7. The van der Waals surface area contributed by atoms with Crippen molar-refractivity contribution >= 4 is 28.1 Å². The van der Waals surface area contributed by atoms with Crippen molar-refractivity contribution in [2.24, 2.45) is 0 Å². The Morgan fingerprint density at radius 1 is 1.15 bits per heavy atom. The highest BCUT2D eigenvalue weighted by Crippen LogP contribution is 2.31. The second kappa shape index (κ2) is 9.66. The second-order valence-corrected chi connectivity index (χ2v) is 9.89. The Bertz CT molecular complexity index is 1290. The van der Waals surface area contributed by atoms with Crippen molar-refractivity contribution in [3.8, 4) is 11.4 Å². The van der Waals surface area contributed by atoms with Gasteiger partial charge in [-0.2, -0.15) is 0 Å². The molecule has 8 nitrogen and oxygen atoms in total. The van der Waals surface area contributed by atoms with Crippen LogP contribution in [0.4, 0.5) is 0 Å². The summed E-state index contributed by atoms with van der Waals surface area (Å²) in [6, 6.07) is 9.71. The maximum atomic E-state index is 12.4. The Morgan fingerprint density at radius 3 is 2.70 bits per heavy atom. The molecule has 0 spiro atoms. The van der Waals surface area contributed by atoms with Crippen LogP contribution in [-0.4, -0.2) is 49.2 Å². The van der Waals surface area contributed by atoms with Crippen LogP contribution < -0.4 is 10.3 Å². The standard InChI is InChI=1S/C23H26N6O2S2/c1-16(27-10-4-3-5-11-27)21-25-26-23(29(21)18-6-8-19(31-2)9-7-18)33-15-17-14-20(30)28-12-13-32-22(28)24-17/h6-9,12-14,16H,3-5,10-11,15H2,1-2H3/t16-/m1/s1. The van der Waals surface area contributed by atoms with E-state index in [4.69, 9.17) is 4.74 Å². The molecule has 0 N–H and O–H groups in total. The third-order valence-corrected chi connectivity index (χ3v) is 7.73. The fourth-order valence-electron chi connectivity index (χ4n) is 4.19. The van der Waals surface area contributed by atoms with E-state index >= 15 is 0 Å².